The first-order valence-corrected chi connectivity index (χ1v) is 5.45. The maximum Gasteiger partial charge on any atom is 0.122 e. The monoisotopic (exact) mass is 206 g/mol. The lowest BCUT2D eigenvalue weighted by atomic mass is 9.75. The Morgan fingerprint density at radius 1 is 1.40 bits per heavy atom. The average molecular weight is 206 g/mol. The van der Waals surface area contributed by atoms with Gasteiger partial charge in [0.15, 0.2) is 0 Å². The van der Waals surface area contributed by atoms with Crippen molar-refractivity contribution in [1.29, 1.82) is 0 Å². The van der Waals surface area contributed by atoms with Crippen molar-refractivity contribution >= 4 is 0 Å². The van der Waals surface area contributed by atoms with Crippen LogP contribution in [0.4, 0.5) is 0 Å². The average Bonchev–Trinajstić information content (AvgIpc) is 2.28. The SMILES string of the molecule is CC(C)(CO)C1COc2ccccc2C1. The van der Waals surface area contributed by atoms with Gasteiger partial charge >= 0.3 is 0 Å². The van der Waals surface area contributed by atoms with Gasteiger partial charge < -0.3 is 9.84 Å². The number of hydrogen-bond acceptors (Lipinski definition) is 2. The third kappa shape index (κ3) is 2.00. The van der Waals surface area contributed by atoms with Gasteiger partial charge in [0, 0.05) is 12.5 Å². The van der Waals surface area contributed by atoms with E-state index in [2.05, 4.69) is 19.9 Å². The molecule has 1 aromatic carbocycles. The zero-order valence-corrected chi connectivity index (χ0v) is 9.36. The largest absolute Gasteiger partial charge is 0.493 e. The van der Waals surface area contributed by atoms with Crippen molar-refractivity contribution in [3.8, 4) is 5.75 Å². The highest BCUT2D eigenvalue weighted by atomic mass is 16.5. The van der Waals surface area contributed by atoms with Gasteiger partial charge in [-0.25, -0.2) is 0 Å². The quantitative estimate of drug-likeness (QED) is 0.804. The number of para-hydroxylation sites is 1. The summed E-state index contributed by atoms with van der Waals surface area (Å²) in [6, 6.07) is 8.15. The zero-order valence-electron chi connectivity index (χ0n) is 9.36. The number of benzene rings is 1. The minimum Gasteiger partial charge on any atom is -0.493 e. The van der Waals surface area contributed by atoms with E-state index in [9.17, 15) is 5.11 Å². The minimum atomic E-state index is -0.0620. The molecule has 2 nitrogen and oxygen atoms in total. The first-order valence-electron chi connectivity index (χ1n) is 5.45. The van der Waals surface area contributed by atoms with Crippen LogP contribution in [0.15, 0.2) is 24.3 Å². The Bertz CT molecular complexity index is 344. The molecule has 0 saturated carbocycles. The molecule has 2 rings (SSSR count). The lowest BCUT2D eigenvalue weighted by molar-refractivity contribution is 0.0542. The van der Waals surface area contributed by atoms with Gasteiger partial charge in [0.2, 0.25) is 0 Å². The molecule has 0 aromatic heterocycles. The summed E-state index contributed by atoms with van der Waals surface area (Å²) in [5.41, 5.74) is 1.20. The molecule has 0 fully saturated rings. The van der Waals surface area contributed by atoms with Crippen molar-refractivity contribution in [2.24, 2.45) is 11.3 Å². The fourth-order valence-corrected chi connectivity index (χ4v) is 1.96. The lowest BCUT2D eigenvalue weighted by Crippen LogP contribution is -2.36. The number of rotatable bonds is 2. The van der Waals surface area contributed by atoms with Gasteiger partial charge in [-0.2, -0.15) is 0 Å². The number of ether oxygens (including phenoxy) is 1. The Labute approximate surface area is 90.9 Å². The Kier molecular flexibility index (Phi) is 2.70. The molecule has 1 heterocycles. The molecule has 0 radical (unpaired) electrons. The highest BCUT2D eigenvalue weighted by Gasteiger charge is 2.32. The fraction of sp³-hybridized carbons (Fsp3) is 0.538. The molecule has 2 heteroatoms. The van der Waals surface area contributed by atoms with E-state index < -0.39 is 0 Å². The van der Waals surface area contributed by atoms with E-state index in [4.69, 9.17) is 4.74 Å². The molecule has 0 bridgehead atoms. The van der Waals surface area contributed by atoms with Crippen LogP contribution in [0.1, 0.15) is 19.4 Å². The first-order chi connectivity index (χ1) is 7.13. The third-order valence-electron chi connectivity index (χ3n) is 3.39. The van der Waals surface area contributed by atoms with Crippen molar-refractivity contribution < 1.29 is 9.84 Å². The second-order valence-corrected chi connectivity index (χ2v) is 4.97. The van der Waals surface area contributed by atoms with Crippen molar-refractivity contribution in [2.45, 2.75) is 20.3 Å². The van der Waals surface area contributed by atoms with Gasteiger partial charge in [-0.05, 0) is 23.5 Å². The van der Waals surface area contributed by atoms with E-state index in [0.29, 0.717) is 12.5 Å². The zero-order chi connectivity index (χ0) is 10.9. The van der Waals surface area contributed by atoms with Gasteiger partial charge in [0.25, 0.3) is 0 Å². The van der Waals surface area contributed by atoms with Crippen LogP contribution in [0.25, 0.3) is 0 Å². The van der Waals surface area contributed by atoms with E-state index in [1.54, 1.807) is 0 Å². The van der Waals surface area contributed by atoms with Crippen LogP contribution >= 0.6 is 0 Å². The predicted molar refractivity (Wildman–Crippen MR) is 60.0 cm³/mol. The number of aliphatic hydroxyl groups excluding tert-OH is 1. The number of hydrogen-bond donors (Lipinski definition) is 1. The van der Waals surface area contributed by atoms with E-state index in [-0.39, 0.29) is 12.0 Å². The topological polar surface area (TPSA) is 29.5 Å². The van der Waals surface area contributed by atoms with Crippen LogP contribution in [0.5, 0.6) is 5.75 Å². The lowest BCUT2D eigenvalue weighted by Gasteiger charge is -2.36. The van der Waals surface area contributed by atoms with Crippen LogP contribution in [-0.4, -0.2) is 18.3 Å². The Morgan fingerprint density at radius 3 is 2.87 bits per heavy atom. The smallest absolute Gasteiger partial charge is 0.122 e. The summed E-state index contributed by atoms with van der Waals surface area (Å²) in [6.07, 6.45) is 1.00. The van der Waals surface area contributed by atoms with Gasteiger partial charge in [-0.15, -0.1) is 0 Å². The highest BCUT2D eigenvalue weighted by Crippen LogP contribution is 2.36. The molecule has 1 aliphatic rings. The summed E-state index contributed by atoms with van der Waals surface area (Å²) in [7, 11) is 0. The van der Waals surface area contributed by atoms with Crippen LogP contribution in [0.3, 0.4) is 0 Å². The molecule has 82 valence electrons. The molecule has 1 unspecified atom stereocenters. The van der Waals surface area contributed by atoms with Crippen molar-refractivity contribution in [2.75, 3.05) is 13.2 Å². The second kappa shape index (κ2) is 3.86. The molecule has 1 aliphatic heterocycles. The normalized spacial score (nSPS) is 20.6. The summed E-state index contributed by atoms with van der Waals surface area (Å²) < 4.78 is 5.71. The fourth-order valence-electron chi connectivity index (χ4n) is 1.96. The highest BCUT2D eigenvalue weighted by molar-refractivity contribution is 5.35. The standard InChI is InChI=1S/C13H18O2/c1-13(2,9-14)11-7-10-5-3-4-6-12(10)15-8-11/h3-6,11,14H,7-9H2,1-2H3. The van der Waals surface area contributed by atoms with Crippen molar-refractivity contribution in [3.05, 3.63) is 29.8 Å². The number of aliphatic hydroxyl groups is 1. The number of fused-ring (bicyclic) bond motifs is 1. The Hall–Kier alpha value is -1.02. The summed E-state index contributed by atoms with van der Waals surface area (Å²) >= 11 is 0. The van der Waals surface area contributed by atoms with E-state index >= 15 is 0 Å². The maximum atomic E-state index is 9.34. The second-order valence-electron chi connectivity index (χ2n) is 4.97. The Balaban J connectivity index is 2.19. The molecule has 0 aliphatic carbocycles. The first kappa shape index (κ1) is 10.5. The van der Waals surface area contributed by atoms with Crippen LogP contribution < -0.4 is 4.74 Å². The summed E-state index contributed by atoms with van der Waals surface area (Å²) in [5.74, 6) is 1.40. The van der Waals surface area contributed by atoms with Gasteiger partial charge in [0.1, 0.15) is 5.75 Å². The predicted octanol–water partition coefficient (Wildman–Crippen LogP) is 2.26. The van der Waals surface area contributed by atoms with Gasteiger partial charge in [-0.3, -0.25) is 0 Å². The molecule has 1 atom stereocenters. The summed E-state index contributed by atoms with van der Waals surface area (Å²) in [4.78, 5) is 0. The molecule has 1 N–H and O–H groups in total. The molecule has 15 heavy (non-hydrogen) atoms. The third-order valence-corrected chi connectivity index (χ3v) is 3.39. The van der Waals surface area contributed by atoms with Crippen LogP contribution in [0, 0.1) is 11.3 Å². The molecular weight excluding hydrogens is 188 g/mol. The molecule has 1 aromatic rings. The van der Waals surface area contributed by atoms with Crippen LogP contribution in [-0.2, 0) is 6.42 Å². The van der Waals surface area contributed by atoms with Crippen molar-refractivity contribution in [3.63, 3.8) is 0 Å². The molecule has 0 amide bonds. The molecule has 0 spiro atoms. The van der Waals surface area contributed by atoms with Crippen LogP contribution in [0.2, 0.25) is 0 Å². The molecular formula is C13H18O2. The van der Waals surface area contributed by atoms with Gasteiger partial charge in [-0.1, -0.05) is 32.0 Å². The van der Waals surface area contributed by atoms with Crippen molar-refractivity contribution in [1.82, 2.24) is 0 Å². The van der Waals surface area contributed by atoms with E-state index in [1.807, 2.05) is 18.2 Å². The van der Waals surface area contributed by atoms with Gasteiger partial charge in [0.05, 0.1) is 6.61 Å². The van der Waals surface area contributed by atoms with E-state index in [1.165, 1.54) is 5.56 Å². The minimum absolute atomic E-state index is 0.0620. The summed E-state index contributed by atoms with van der Waals surface area (Å²) in [6.45, 7) is 5.11. The Morgan fingerprint density at radius 2 is 2.13 bits per heavy atom. The van der Waals surface area contributed by atoms with E-state index in [0.717, 1.165) is 12.2 Å². The maximum absolute atomic E-state index is 9.34. The summed E-state index contributed by atoms with van der Waals surface area (Å²) in [5, 5.41) is 9.34. The molecule has 0 saturated heterocycles.